The summed E-state index contributed by atoms with van der Waals surface area (Å²) in [5.41, 5.74) is 0. The van der Waals surface area contributed by atoms with E-state index in [0.29, 0.717) is 16.7 Å². The first-order chi connectivity index (χ1) is 7.47. The van der Waals surface area contributed by atoms with E-state index in [2.05, 4.69) is 9.36 Å². The van der Waals surface area contributed by atoms with Gasteiger partial charge in [-0.2, -0.15) is 17.5 Å². The van der Waals surface area contributed by atoms with Gasteiger partial charge in [0.1, 0.15) is 5.01 Å². The van der Waals surface area contributed by atoms with E-state index in [-0.39, 0.29) is 18.8 Å². The average molecular weight is 362 g/mol. The van der Waals surface area contributed by atoms with Crippen LogP contribution in [0.4, 0.5) is 13.2 Å². The van der Waals surface area contributed by atoms with Crippen LogP contribution in [0, 0.1) is 9.75 Å². The Kier molecular flexibility index (Phi) is 3.72. The van der Waals surface area contributed by atoms with Gasteiger partial charge >= 0.3 is 6.18 Å². The highest BCUT2D eigenvalue weighted by Gasteiger charge is 2.41. The zero-order valence-electron chi connectivity index (χ0n) is 8.30. The molecule has 0 saturated heterocycles. The highest BCUT2D eigenvalue weighted by molar-refractivity contribution is 14.1. The summed E-state index contributed by atoms with van der Waals surface area (Å²) in [6.45, 7) is 0. The van der Waals surface area contributed by atoms with Crippen LogP contribution < -0.4 is 0 Å². The van der Waals surface area contributed by atoms with Crippen molar-refractivity contribution in [3.05, 3.63) is 8.84 Å². The van der Waals surface area contributed by atoms with Crippen molar-refractivity contribution in [1.82, 2.24) is 9.36 Å². The Balaban J connectivity index is 1.95. The second-order valence-corrected chi connectivity index (χ2v) is 5.74. The summed E-state index contributed by atoms with van der Waals surface area (Å²) in [6, 6.07) is 0. The standard InChI is InChI=1S/C9H10F3IN2S/c10-9(11,12)6-3-1-5(2-4-6)7-14-8(13)15-16-7/h5-6H,1-4H2. The molecule has 0 aliphatic heterocycles. The number of aromatic nitrogens is 2. The van der Waals surface area contributed by atoms with Crippen LogP contribution >= 0.6 is 34.1 Å². The Hall–Kier alpha value is 0.0800. The summed E-state index contributed by atoms with van der Waals surface area (Å²) >= 11 is 3.34. The molecule has 0 amide bonds. The zero-order valence-corrected chi connectivity index (χ0v) is 11.3. The second kappa shape index (κ2) is 4.75. The number of nitrogens with zero attached hydrogens (tertiary/aromatic N) is 2. The lowest BCUT2D eigenvalue weighted by Gasteiger charge is -2.28. The molecule has 0 aromatic carbocycles. The van der Waals surface area contributed by atoms with E-state index in [9.17, 15) is 13.2 Å². The van der Waals surface area contributed by atoms with Crippen LogP contribution in [0.2, 0.25) is 0 Å². The number of hydrogen-bond acceptors (Lipinski definition) is 3. The maximum Gasteiger partial charge on any atom is 0.391 e. The normalized spacial score (nSPS) is 27.0. The lowest BCUT2D eigenvalue weighted by atomic mass is 9.82. The van der Waals surface area contributed by atoms with Gasteiger partial charge in [-0.1, -0.05) is 0 Å². The number of halogens is 4. The molecule has 1 heterocycles. The van der Waals surface area contributed by atoms with Gasteiger partial charge < -0.3 is 0 Å². The highest BCUT2D eigenvalue weighted by Crippen LogP contribution is 2.43. The maximum absolute atomic E-state index is 12.4. The van der Waals surface area contributed by atoms with E-state index in [4.69, 9.17) is 0 Å². The largest absolute Gasteiger partial charge is 0.391 e. The molecule has 0 N–H and O–H groups in total. The maximum atomic E-state index is 12.4. The van der Waals surface area contributed by atoms with Crippen LogP contribution in [0.1, 0.15) is 36.6 Å². The molecule has 1 fully saturated rings. The molecule has 2 rings (SSSR count). The first kappa shape index (κ1) is 12.5. The van der Waals surface area contributed by atoms with Crippen LogP contribution in [0.5, 0.6) is 0 Å². The van der Waals surface area contributed by atoms with Crippen LogP contribution in [0.25, 0.3) is 0 Å². The lowest BCUT2D eigenvalue weighted by molar-refractivity contribution is -0.182. The van der Waals surface area contributed by atoms with Gasteiger partial charge in [0.25, 0.3) is 0 Å². The van der Waals surface area contributed by atoms with Crippen molar-refractivity contribution < 1.29 is 13.2 Å². The molecule has 7 heteroatoms. The molecule has 0 unspecified atom stereocenters. The van der Waals surface area contributed by atoms with Gasteiger partial charge in [0.15, 0.2) is 0 Å². The minimum atomic E-state index is -4.03. The van der Waals surface area contributed by atoms with Crippen molar-refractivity contribution in [2.75, 3.05) is 0 Å². The van der Waals surface area contributed by atoms with E-state index in [1.54, 1.807) is 0 Å². The van der Waals surface area contributed by atoms with Crippen molar-refractivity contribution >= 4 is 34.1 Å². The van der Waals surface area contributed by atoms with E-state index in [1.165, 1.54) is 11.5 Å². The number of rotatable bonds is 1. The zero-order chi connectivity index (χ0) is 11.8. The van der Waals surface area contributed by atoms with E-state index in [1.807, 2.05) is 22.6 Å². The van der Waals surface area contributed by atoms with Gasteiger partial charge in [-0.25, -0.2) is 4.98 Å². The average Bonchev–Trinajstić information content (AvgIpc) is 2.64. The van der Waals surface area contributed by atoms with Gasteiger partial charge in [-0.15, -0.1) is 0 Å². The molecule has 0 bridgehead atoms. The predicted molar refractivity (Wildman–Crippen MR) is 63.4 cm³/mol. The fraction of sp³-hybridized carbons (Fsp3) is 0.778. The minimum Gasteiger partial charge on any atom is -0.215 e. The van der Waals surface area contributed by atoms with Crippen LogP contribution in [0.3, 0.4) is 0 Å². The Labute approximate surface area is 109 Å². The third-order valence-corrected chi connectivity index (χ3v) is 4.64. The molecule has 1 saturated carbocycles. The molecule has 1 aromatic rings. The van der Waals surface area contributed by atoms with Crippen LogP contribution in [-0.2, 0) is 0 Å². The molecule has 0 atom stereocenters. The molecule has 0 radical (unpaired) electrons. The van der Waals surface area contributed by atoms with E-state index < -0.39 is 12.1 Å². The summed E-state index contributed by atoms with van der Waals surface area (Å²) in [7, 11) is 0. The van der Waals surface area contributed by atoms with Crippen LogP contribution in [0.15, 0.2) is 0 Å². The number of hydrogen-bond donors (Lipinski definition) is 0. The van der Waals surface area contributed by atoms with Crippen LogP contribution in [-0.4, -0.2) is 15.5 Å². The Morgan fingerprint density at radius 1 is 1.19 bits per heavy atom. The van der Waals surface area contributed by atoms with Crippen molar-refractivity contribution in [1.29, 1.82) is 0 Å². The number of alkyl halides is 3. The quantitative estimate of drug-likeness (QED) is 0.707. The molecular weight excluding hydrogens is 352 g/mol. The Morgan fingerprint density at radius 3 is 2.25 bits per heavy atom. The first-order valence-corrected chi connectivity index (χ1v) is 6.88. The highest BCUT2D eigenvalue weighted by atomic mass is 127. The van der Waals surface area contributed by atoms with Gasteiger partial charge in [-0.3, -0.25) is 0 Å². The smallest absolute Gasteiger partial charge is 0.215 e. The fourth-order valence-corrected chi connectivity index (χ4v) is 3.49. The third kappa shape index (κ3) is 2.85. The SMILES string of the molecule is FC(F)(F)C1CCC(c2nc(I)ns2)CC1. The topological polar surface area (TPSA) is 25.8 Å². The summed E-state index contributed by atoms with van der Waals surface area (Å²) < 4.78 is 42.1. The first-order valence-electron chi connectivity index (χ1n) is 5.02. The lowest BCUT2D eigenvalue weighted by Crippen LogP contribution is -2.27. The molecule has 2 nitrogen and oxygen atoms in total. The van der Waals surface area contributed by atoms with Crippen molar-refractivity contribution in [3.63, 3.8) is 0 Å². The van der Waals surface area contributed by atoms with E-state index in [0.717, 1.165) is 5.01 Å². The molecule has 1 aliphatic rings. The summed E-state index contributed by atoms with van der Waals surface area (Å²) in [5.74, 6) is -0.935. The molecule has 1 aliphatic carbocycles. The third-order valence-electron chi connectivity index (χ3n) is 2.96. The monoisotopic (exact) mass is 362 g/mol. The second-order valence-electron chi connectivity index (χ2n) is 3.99. The molecule has 16 heavy (non-hydrogen) atoms. The minimum absolute atomic E-state index is 0.180. The van der Waals surface area contributed by atoms with Crippen molar-refractivity contribution in [3.8, 4) is 0 Å². The van der Waals surface area contributed by atoms with Gasteiger partial charge in [-0.05, 0) is 37.2 Å². The van der Waals surface area contributed by atoms with Gasteiger partial charge in [0, 0.05) is 28.5 Å². The molecule has 90 valence electrons. The van der Waals surface area contributed by atoms with Gasteiger partial charge in [0.2, 0.25) is 3.83 Å². The van der Waals surface area contributed by atoms with Gasteiger partial charge in [0.05, 0.1) is 5.92 Å². The van der Waals surface area contributed by atoms with E-state index >= 15 is 0 Å². The predicted octanol–water partition coefficient (Wildman–Crippen LogP) is 3.98. The molecule has 1 aromatic heterocycles. The summed E-state index contributed by atoms with van der Waals surface area (Å²) in [4.78, 5) is 4.23. The fourth-order valence-electron chi connectivity index (χ4n) is 2.05. The summed E-state index contributed by atoms with van der Waals surface area (Å²) in [5, 5.41) is 0.894. The van der Waals surface area contributed by atoms with Crippen molar-refractivity contribution in [2.45, 2.75) is 37.8 Å². The Bertz CT molecular complexity index is 358. The molecule has 0 spiro atoms. The van der Waals surface area contributed by atoms with Crippen molar-refractivity contribution in [2.24, 2.45) is 5.92 Å². The molecular formula is C9H10F3IN2S. The summed E-state index contributed by atoms with van der Waals surface area (Å²) in [6.07, 6.45) is -2.42. The Morgan fingerprint density at radius 2 is 1.81 bits per heavy atom.